The Morgan fingerprint density at radius 2 is 1.00 bits per heavy atom. The van der Waals surface area contributed by atoms with Crippen molar-refractivity contribution in [2.45, 2.75) is 73.1 Å². The summed E-state index contributed by atoms with van der Waals surface area (Å²) in [4.78, 5) is 37.8. The normalized spacial score (nSPS) is 12.7. The monoisotopic (exact) mass is 1280 g/mol. The van der Waals surface area contributed by atoms with E-state index in [0.29, 0.717) is 23.0 Å². The van der Waals surface area contributed by atoms with Gasteiger partial charge in [0.25, 0.3) is 0 Å². The van der Waals surface area contributed by atoms with Crippen LogP contribution in [0.4, 0.5) is 0 Å². The predicted molar refractivity (Wildman–Crippen MR) is 334 cm³/mol. The van der Waals surface area contributed by atoms with Gasteiger partial charge in [0.05, 0.1) is 16.8 Å². The van der Waals surface area contributed by atoms with Gasteiger partial charge in [-0.1, -0.05) is 175 Å². The van der Waals surface area contributed by atoms with E-state index in [0.717, 1.165) is 61.0 Å². The number of benzene rings is 9. The second-order valence-corrected chi connectivity index (χ2v) is 22.4. The van der Waals surface area contributed by atoms with E-state index >= 15 is 0 Å². The molecule has 0 bridgehead atoms. The molecule has 2 N–H and O–H groups in total. The van der Waals surface area contributed by atoms with Crippen LogP contribution in [0.5, 0.6) is 5.75 Å². The van der Waals surface area contributed by atoms with Crippen LogP contribution in [0.25, 0.3) is 100 Å². The summed E-state index contributed by atoms with van der Waals surface area (Å²) in [5.74, 6) is 2.03. The maximum Gasteiger partial charge on any atom is 1.00 e. The summed E-state index contributed by atoms with van der Waals surface area (Å²) in [7, 11) is 0. The van der Waals surface area contributed by atoms with Crippen LogP contribution >= 0.6 is 0 Å². The largest absolute Gasteiger partial charge is 1.00 e. The number of aromatic amines is 1. The molecule has 2 aliphatic carbocycles. The van der Waals surface area contributed by atoms with Crippen LogP contribution in [0.15, 0.2) is 212 Å². The molecule has 0 saturated heterocycles. The van der Waals surface area contributed by atoms with E-state index in [-0.39, 0.29) is 67.1 Å². The molecule has 0 aliphatic heterocycles. The van der Waals surface area contributed by atoms with Crippen molar-refractivity contribution in [1.29, 1.82) is 0 Å². The van der Waals surface area contributed by atoms with Crippen molar-refractivity contribution in [1.82, 2.24) is 24.9 Å². The summed E-state index contributed by atoms with van der Waals surface area (Å²) in [6.07, 6.45) is 2.92. The number of aromatic nitrogens is 6. The van der Waals surface area contributed by atoms with Gasteiger partial charge in [-0.3, -0.25) is 14.8 Å². The van der Waals surface area contributed by atoms with Crippen LogP contribution in [0.1, 0.15) is 80.6 Å². The van der Waals surface area contributed by atoms with Crippen molar-refractivity contribution in [2.75, 3.05) is 0 Å². The van der Waals surface area contributed by atoms with E-state index in [1.54, 1.807) is 18.3 Å². The molecule has 3 aromatic heterocycles. The molecule has 85 heavy (non-hydrogen) atoms. The summed E-state index contributed by atoms with van der Waals surface area (Å²) in [5, 5.41) is 22.8. The molecule has 9 aromatic carbocycles. The maximum absolute atomic E-state index is 11.1. The molecule has 417 valence electrons. The quantitative estimate of drug-likeness (QED) is 0.0778. The number of pyridine rings is 1. The van der Waals surface area contributed by atoms with Crippen LogP contribution in [-0.4, -0.2) is 35.8 Å². The smallest absolute Gasteiger partial charge is 0.868 e. The van der Waals surface area contributed by atoms with Crippen LogP contribution < -0.4 is 29.0 Å². The first-order chi connectivity index (χ1) is 39.9. The van der Waals surface area contributed by atoms with Crippen LogP contribution in [-0.2, 0) is 35.7 Å². The molecule has 0 fully saturated rings. The number of ketones is 1. The summed E-state index contributed by atoms with van der Waals surface area (Å²) in [6, 6.07) is 70.3. The Hall–Kier alpha value is -8.74. The number of hydrogen-bond donors (Lipinski definition) is 1. The van der Waals surface area contributed by atoms with E-state index in [1.807, 2.05) is 49.4 Å². The number of H-pyrrole nitrogens is 1. The third kappa shape index (κ3) is 12.6. The minimum atomic E-state index is -0.125. The fraction of sp³-hybridized carbons (Fsp3) is 0.149. The number of hydrogen-bond acceptors (Lipinski definition) is 8. The Morgan fingerprint density at radius 1 is 0.518 bits per heavy atom. The number of allylic oxidation sites excluding steroid dienone is 2. The van der Waals surface area contributed by atoms with Crippen molar-refractivity contribution in [3.05, 3.63) is 257 Å². The third-order valence-electron chi connectivity index (χ3n) is 15.5. The van der Waals surface area contributed by atoms with Gasteiger partial charge in [0, 0.05) is 76.5 Å². The summed E-state index contributed by atoms with van der Waals surface area (Å²) >= 11 is 0. The molecule has 3 heterocycles. The minimum absolute atomic E-state index is 0. The second kappa shape index (κ2) is 25.2. The molecule has 14 rings (SSSR count). The number of aryl methyl sites for hydroxylation is 3. The fourth-order valence-corrected chi connectivity index (χ4v) is 11.6. The van der Waals surface area contributed by atoms with Crippen LogP contribution in [0.2, 0.25) is 0 Å². The molecule has 2 aliphatic rings. The summed E-state index contributed by atoms with van der Waals surface area (Å²) in [5.41, 5.74) is 21.0. The Bertz CT molecular complexity index is 4380. The topological polar surface area (TPSA) is 139 Å². The van der Waals surface area contributed by atoms with Gasteiger partial charge in [-0.25, -0.2) is 19.9 Å². The van der Waals surface area contributed by atoms with Crippen molar-refractivity contribution in [2.24, 2.45) is 0 Å². The summed E-state index contributed by atoms with van der Waals surface area (Å²) < 4.78 is 0. The number of carbonyl (C=O) groups excluding carboxylic acids is 1. The average Bonchev–Trinajstić information content (AvgIpc) is 2.02. The summed E-state index contributed by atoms with van der Waals surface area (Å²) in [6.45, 7) is 18.2. The molecule has 0 atom stereocenters. The van der Waals surface area contributed by atoms with Gasteiger partial charge in [0.1, 0.15) is 0 Å². The van der Waals surface area contributed by atoms with Gasteiger partial charge in [-0.2, -0.15) is 0 Å². The van der Waals surface area contributed by atoms with Crippen LogP contribution in [0, 0.1) is 26.8 Å². The standard InChI is InChI=1S/C43H33N3.C17H15N2.C9H7NO.C5H8O2.Ir.Li/c1-42(2)35-15-9-7-13-31(35)33-21-19-29(24-37(33)42)40-44-39(28-18-17-26-11-5-6-12-27(26)23-28)45-41(46-40)30-20-22-34-32-14-8-10-16-36(32)43(3,4)38(34)25-30;1-11-8-12(2)10-14(9-11)17-13(3)18-15-6-4-5-7-16(15)19-17;11-8-5-1-3-7-4-2-6-10-9(7)8;1-4(6)3-5(2)7;;/h5-25H,1-4H3;4-9H,1-3H3;1-6,11H;3,6H,1-2H3;;/q;-1;;;;+1. The fourth-order valence-electron chi connectivity index (χ4n) is 11.6. The Morgan fingerprint density at radius 3 is 1.54 bits per heavy atom. The van der Waals surface area contributed by atoms with Gasteiger partial charge in [0.2, 0.25) is 5.52 Å². The molecule has 1 radical (unpaired) electrons. The third-order valence-corrected chi connectivity index (χ3v) is 15.5. The molecule has 0 unspecified atom stereocenters. The number of nitrogens with one attached hydrogen (secondary N) is 1. The molecule has 0 spiro atoms. The molecule has 0 saturated carbocycles. The van der Waals surface area contributed by atoms with Crippen molar-refractivity contribution in [3.8, 4) is 73.4 Å². The zero-order valence-electron chi connectivity index (χ0n) is 49.5. The number of aliphatic hydroxyl groups is 1. The zero-order valence-corrected chi connectivity index (χ0v) is 51.9. The SMILES string of the molecule is CC(=O)C=C(C)O.CC1(C)c2ccccc2-c2ccc(-c3nc(-c4ccc5c(c4)C(C)(C)c4ccccc4-5)nc(-c4ccc5ccccc5c4)n3)cc21.Cc1[c-]c(-c2nc3ccccc3nc2C)cc(C)c1.[Ir].[Li+].[O-]c1cccc2ccc[nH+]c12. The van der Waals surface area contributed by atoms with Gasteiger partial charge in [0.15, 0.2) is 29.5 Å². The molecular formula is C74H63IrLiN6O3. The Kier molecular flexibility index (Phi) is 18.1. The molecule has 9 nitrogen and oxygen atoms in total. The number of rotatable bonds is 5. The second-order valence-electron chi connectivity index (χ2n) is 22.4. The Balaban J connectivity index is 0.000000181. The molecule has 12 aromatic rings. The maximum atomic E-state index is 11.1. The zero-order chi connectivity index (χ0) is 58.2. The van der Waals surface area contributed by atoms with Gasteiger partial charge in [-0.05, 0) is 124 Å². The number of aliphatic hydroxyl groups excluding tert-OH is 1. The average molecular weight is 1280 g/mol. The number of carbonyl (C=O) groups is 1. The van der Waals surface area contributed by atoms with Crippen molar-refractivity contribution >= 4 is 38.5 Å². The number of nitrogens with zero attached hydrogens (tertiary/aromatic N) is 5. The van der Waals surface area contributed by atoms with Crippen molar-refractivity contribution < 1.29 is 59.0 Å². The van der Waals surface area contributed by atoms with E-state index in [4.69, 9.17) is 25.0 Å². The molecule has 0 amide bonds. The molecular weight excluding hydrogens is 1220 g/mol. The first-order valence-electron chi connectivity index (χ1n) is 27.9. The van der Waals surface area contributed by atoms with Crippen LogP contribution in [0.3, 0.4) is 0 Å². The number of fused-ring (bicyclic) bond motifs is 9. The van der Waals surface area contributed by atoms with E-state index < -0.39 is 0 Å². The predicted octanol–water partition coefficient (Wildman–Crippen LogP) is 13.4. The van der Waals surface area contributed by atoms with Gasteiger partial charge in [-0.15, -0.1) is 34.9 Å². The Labute approximate surface area is 522 Å². The van der Waals surface area contributed by atoms with E-state index in [9.17, 15) is 9.90 Å². The van der Waals surface area contributed by atoms with Gasteiger partial charge < -0.3 is 10.2 Å². The van der Waals surface area contributed by atoms with Gasteiger partial charge >= 0.3 is 18.9 Å². The first-order valence-corrected chi connectivity index (χ1v) is 27.9. The first kappa shape index (κ1) is 60.8. The van der Waals surface area contributed by atoms with E-state index in [1.165, 1.54) is 75.4 Å². The minimum Gasteiger partial charge on any atom is -0.868 e. The van der Waals surface area contributed by atoms with E-state index in [2.05, 4.69) is 197 Å². The molecule has 11 heteroatoms. The number of para-hydroxylation sites is 3. The van der Waals surface area contributed by atoms with Crippen molar-refractivity contribution in [3.63, 3.8) is 0 Å².